The van der Waals surface area contributed by atoms with E-state index in [1.807, 2.05) is 92.7 Å². The molecule has 0 aliphatic carbocycles. The van der Waals surface area contributed by atoms with Crippen LogP contribution >= 0.6 is 0 Å². The van der Waals surface area contributed by atoms with Crippen LogP contribution in [-0.2, 0) is 11.3 Å². The Labute approximate surface area is 181 Å². The Kier molecular flexibility index (Phi) is 5.94. The number of carbonyl (C=O) groups excluding carboxylic acids is 1. The van der Waals surface area contributed by atoms with E-state index in [1.165, 1.54) is 4.68 Å². The van der Waals surface area contributed by atoms with Gasteiger partial charge in [-0.1, -0.05) is 78.4 Å². The van der Waals surface area contributed by atoms with Crippen LogP contribution in [0.3, 0.4) is 0 Å². The fourth-order valence-electron chi connectivity index (χ4n) is 3.66. The number of rotatable bonds is 6. The molecule has 0 spiro atoms. The average molecular weight is 412 g/mol. The number of benzene rings is 3. The number of amides is 1. The summed E-state index contributed by atoms with van der Waals surface area (Å²) < 4.78 is 1.41. The zero-order valence-electron chi connectivity index (χ0n) is 17.7. The highest BCUT2D eigenvalue weighted by atomic mass is 16.2. The number of nitrogens with one attached hydrogen (secondary N) is 1. The van der Waals surface area contributed by atoms with Crippen LogP contribution in [-0.4, -0.2) is 15.7 Å². The molecule has 5 nitrogen and oxygen atoms in total. The Balaban J connectivity index is 1.59. The highest BCUT2D eigenvalue weighted by Crippen LogP contribution is 2.25. The maximum absolute atomic E-state index is 13.0. The third kappa shape index (κ3) is 4.56. The van der Waals surface area contributed by atoms with E-state index in [0.717, 1.165) is 27.8 Å². The number of hydrogen-bond donors (Lipinski definition) is 1. The molecule has 4 aromatic rings. The van der Waals surface area contributed by atoms with Crippen LogP contribution in [0.25, 0.3) is 22.0 Å². The van der Waals surface area contributed by atoms with E-state index < -0.39 is 0 Å². The molecule has 5 heteroatoms. The smallest absolute Gasteiger partial charge is 0.274 e. The van der Waals surface area contributed by atoms with Gasteiger partial charge in [-0.05, 0) is 25.5 Å². The standard InChI is InChI=1S/C26H25N3O2/c1-18-12-14-21(15-13-18)25-22-10-6-7-11-23(22)26(31)29(28-25)17-16-24(30)27-19(2)20-8-4-3-5-9-20/h3-15,19H,16-17H2,1-2H3,(H,27,30)/t19-/m0/s1. The summed E-state index contributed by atoms with van der Waals surface area (Å²) in [6, 6.07) is 25.3. The minimum Gasteiger partial charge on any atom is -0.350 e. The lowest BCUT2D eigenvalue weighted by Gasteiger charge is -2.15. The summed E-state index contributed by atoms with van der Waals surface area (Å²) in [6.45, 7) is 4.20. The third-order valence-electron chi connectivity index (χ3n) is 5.42. The second-order valence-corrected chi connectivity index (χ2v) is 7.74. The lowest BCUT2D eigenvalue weighted by Crippen LogP contribution is -2.30. The Morgan fingerprint density at radius 3 is 2.29 bits per heavy atom. The van der Waals surface area contributed by atoms with Gasteiger partial charge in [-0.3, -0.25) is 9.59 Å². The van der Waals surface area contributed by atoms with Gasteiger partial charge >= 0.3 is 0 Å². The number of carbonyl (C=O) groups is 1. The SMILES string of the molecule is Cc1ccc(-c2nn(CCC(=O)N[C@@H](C)c3ccccc3)c(=O)c3ccccc23)cc1. The fraction of sp³-hybridized carbons (Fsp3) is 0.192. The van der Waals surface area contributed by atoms with E-state index in [9.17, 15) is 9.59 Å². The lowest BCUT2D eigenvalue weighted by molar-refractivity contribution is -0.122. The van der Waals surface area contributed by atoms with Crippen molar-refractivity contribution in [3.8, 4) is 11.3 Å². The van der Waals surface area contributed by atoms with Gasteiger partial charge in [0.1, 0.15) is 0 Å². The highest BCUT2D eigenvalue weighted by Gasteiger charge is 2.14. The van der Waals surface area contributed by atoms with Crippen LogP contribution < -0.4 is 10.9 Å². The summed E-state index contributed by atoms with van der Waals surface area (Å²) >= 11 is 0. The summed E-state index contributed by atoms with van der Waals surface area (Å²) in [5.74, 6) is -0.116. The molecular weight excluding hydrogens is 386 g/mol. The molecule has 0 aliphatic heterocycles. The quantitative estimate of drug-likeness (QED) is 0.503. The second kappa shape index (κ2) is 8.96. The van der Waals surface area contributed by atoms with Gasteiger partial charge in [-0.2, -0.15) is 5.10 Å². The average Bonchev–Trinajstić information content (AvgIpc) is 2.80. The molecular formula is C26H25N3O2. The Hall–Kier alpha value is -3.73. The first-order valence-corrected chi connectivity index (χ1v) is 10.4. The van der Waals surface area contributed by atoms with Crippen LogP contribution in [0.1, 0.15) is 30.5 Å². The van der Waals surface area contributed by atoms with Crippen LogP contribution in [0.15, 0.2) is 83.7 Å². The van der Waals surface area contributed by atoms with E-state index in [1.54, 1.807) is 0 Å². The van der Waals surface area contributed by atoms with Gasteiger partial charge in [0.15, 0.2) is 0 Å². The monoisotopic (exact) mass is 411 g/mol. The van der Waals surface area contributed by atoms with Crippen molar-refractivity contribution in [2.24, 2.45) is 0 Å². The molecule has 0 fully saturated rings. The van der Waals surface area contributed by atoms with Crippen molar-refractivity contribution in [1.82, 2.24) is 15.1 Å². The first-order valence-electron chi connectivity index (χ1n) is 10.4. The lowest BCUT2D eigenvalue weighted by atomic mass is 10.0. The normalized spacial score (nSPS) is 11.9. The summed E-state index contributed by atoms with van der Waals surface area (Å²) in [4.78, 5) is 25.5. The van der Waals surface area contributed by atoms with Gasteiger partial charge in [0.25, 0.3) is 5.56 Å². The topological polar surface area (TPSA) is 64.0 Å². The molecule has 1 heterocycles. The van der Waals surface area contributed by atoms with Gasteiger partial charge in [0.05, 0.1) is 23.7 Å². The Morgan fingerprint density at radius 2 is 1.58 bits per heavy atom. The van der Waals surface area contributed by atoms with E-state index in [2.05, 4.69) is 10.4 Å². The molecule has 0 saturated heterocycles. The molecule has 1 aromatic heterocycles. The molecule has 1 amide bonds. The second-order valence-electron chi connectivity index (χ2n) is 7.74. The van der Waals surface area contributed by atoms with Crippen molar-refractivity contribution >= 4 is 16.7 Å². The third-order valence-corrected chi connectivity index (χ3v) is 5.42. The highest BCUT2D eigenvalue weighted by molar-refractivity contribution is 5.93. The van der Waals surface area contributed by atoms with Crippen molar-refractivity contribution in [3.05, 3.63) is 100 Å². The molecule has 4 rings (SSSR count). The number of nitrogens with zero attached hydrogens (tertiary/aromatic N) is 2. The Morgan fingerprint density at radius 1 is 0.935 bits per heavy atom. The van der Waals surface area contributed by atoms with E-state index in [-0.39, 0.29) is 30.5 Å². The van der Waals surface area contributed by atoms with E-state index in [0.29, 0.717) is 5.39 Å². The van der Waals surface area contributed by atoms with Crippen LogP contribution in [0, 0.1) is 6.92 Å². The number of hydrogen-bond acceptors (Lipinski definition) is 3. The molecule has 0 aliphatic rings. The van der Waals surface area contributed by atoms with Crippen molar-refractivity contribution < 1.29 is 4.79 Å². The number of aryl methyl sites for hydroxylation is 2. The fourth-order valence-corrected chi connectivity index (χ4v) is 3.66. The van der Waals surface area contributed by atoms with Crippen LogP contribution in [0.4, 0.5) is 0 Å². The summed E-state index contributed by atoms with van der Waals surface area (Å²) in [6.07, 6.45) is 0.176. The van der Waals surface area contributed by atoms with Crippen LogP contribution in [0.2, 0.25) is 0 Å². The van der Waals surface area contributed by atoms with E-state index >= 15 is 0 Å². The first kappa shape index (κ1) is 20.5. The minimum absolute atomic E-state index is 0.0990. The number of fused-ring (bicyclic) bond motifs is 1. The van der Waals surface area contributed by atoms with Gasteiger partial charge in [-0.15, -0.1) is 0 Å². The largest absolute Gasteiger partial charge is 0.350 e. The molecule has 0 unspecified atom stereocenters. The van der Waals surface area contributed by atoms with Gasteiger partial charge in [0, 0.05) is 17.4 Å². The maximum atomic E-state index is 13.0. The predicted molar refractivity (Wildman–Crippen MR) is 124 cm³/mol. The Bertz CT molecular complexity index is 1260. The zero-order chi connectivity index (χ0) is 21.8. The molecule has 3 aromatic carbocycles. The molecule has 1 N–H and O–H groups in total. The van der Waals surface area contributed by atoms with Crippen molar-refractivity contribution in [3.63, 3.8) is 0 Å². The number of aromatic nitrogens is 2. The first-order chi connectivity index (χ1) is 15.0. The minimum atomic E-state index is -0.185. The van der Waals surface area contributed by atoms with Gasteiger partial charge in [-0.25, -0.2) is 4.68 Å². The molecule has 1 atom stereocenters. The molecule has 0 saturated carbocycles. The van der Waals surface area contributed by atoms with Crippen molar-refractivity contribution in [2.75, 3.05) is 0 Å². The maximum Gasteiger partial charge on any atom is 0.274 e. The van der Waals surface area contributed by atoms with Gasteiger partial charge in [0.2, 0.25) is 5.91 Å². The molecule has 156 valence electrons. The molecule has 0 bridgehead atoms. The van der Waals surface area contributed by atoms with Crippen molar-refractivity contribution in [1.29, 1.82) is 0 Å². The molecule has 31 heavy (non-hydrogen) atoms. The molecule has 0 radical (unpaired) electrons. The van der Waals surface area contributed by atoms with Crippen LogP contribution in [0.5, 0.6) is 0 Å². The van der Waals surface area contributed by atoms with E-state index in [4.69, 9.17) is 0 Å². The van der Waals surface area contributed by atoms with Gasteiger partial charge < -0.3 is 5.32 Å². The zero-order valence-corrected chi connectivity index (χ0v) is 17.7. The summed E-state index contributed by atoms with van der Waals surface area (Å²) in [5.41, 5.74) is 3.70. The predicted octanol–water partition coefficient (Wildman–Crippen LogP) is 4.64. The summed E-state index contributed by atoms with van der Waals surface area (Å²) in [7, 11) is 0. The van der Waals surface area contributed by atoms with Crippen molar-refractivity contribution in [2.45, 2.75) is 32.9 Å². The summed E-state index contributed by atoms with van der Waals surface area (Å²) in [5, 5.41) is 9.04.